The first-order valence-electron chi connectivity index (χ1n) is 13.7. The Hall–Kier alpha value is 0. The van der Waals surface area contributed by atoms with Crippen molar-refractivity contribution in [1.82, 2.24) is 0 Å². The molecule has 0 saturated heterocycles. The number of hydrogen-bond acceptors (Lipinski definition) is 0. The highest BCUT2D eigenvalue weighted by Crippen LogP contribution is 2.41. The second-order valence-electron chi connectivity index (χ2n) is 6.70. The van der Waals surface area contributed by atoms with Gasteiger partial charge in [-0.15, -0.1) is 0 Å². The molecule has 0 amide bonds. The molecular weight excluding hydrogens is 264 g/mol. The SMILES string of the molecule is [2H]CCCCC(CCC[2H])C(CCC[2H])C(CCC[2H])C(CC[2H])CCC[2H]. The minimum atomic E-state index is 0.432. The van der Waals surface area contributed by atoms with Gasteiger partial charge in [0.05, 0.1) is 0 Å². The minimum Gasteiger partial charge on any atom is -0.0654 e. The van der Waals surface area contributed by atoms with Gasteiger partial charge in [-0.2, -0.15) is 0 Å². The third-order valence-electron chi connectivity index (χ3n) is 5.18. The van der Waals surface area contributed by atoms with Crippen molar-refractivity contribution in [3.05, 3.63) is 0 Å². The molecule has 0 fully saturated rings. The fraction of sp³-hybridized carbons (Fsp3) is 1.00. The van der Waals surface area contributed by atoms with Crippen molar-refractivity contribution >= 4 is 0 Å². The summed E-state index contributed by atoms with van der Waals surface area (Å²) in [5.74, 6) is 2.00. The first-order valence-corrected chi connectivity index (χ1v) is 9.45. The van der Waals surface area contributed by atoms with Gasteiger partial charge in [-0.25, -0.2) is 0 Å². The number of hydrogen-bond donors (Lipinski definition) is 0. The average molecular weight is 317 g/mol. The third-order valence-corrected chi connectivity index (χ3v) is 5.18. The van der Waals surface area contributed by atoms with E-state index < -0.39 is 0 Å². The van der Waals surface area contributed by atoms with Gasteiger partial charge in [0.15, 0.2) is 0 Å². The van der Waals surface area contributed by atoms with Crippen molar-refractivity contribution in [1.29, 1.82) is 0 Å². The highest BCUT2D eigenvalue weighted by molar-refractivity contribution is 4.81. The van der Waals surface area contributed by atoms with E-state index in [0.717, 1.165) is 77.0 Å². The summed E-state index contributed by atoms with van der Waals surface area (Å²) in [6, 6.07) is 0. The van der Waals surface area contributed by atoms with Crippen LogP contribution in [0, 0.1) is 23.7 Å². The Bertz CT molecular complexity index is 315. The van der Waals surface area contributed by atoms with Gasteiger partial charge in [-0.1, -0.05) is 118 Å². The molecule has 4 unspecified atom stereocenters. The lowest BCUT2D eigenvalue weighted by Crippen LogP contribution is -2.30. The molecule has 0 spiro atoms. The molecule has 22 heavy (non-hydrogen) atoms. The Morgan fingerprint density at radius 2 is 1.09 bits per heavy atom. The summed E-state index contributed by atoms with van der Waals surface area (Å²) < 4.78 is 45.8. The van der Waals surface area contributed by atoms with E-state index in [1.165, 1.54) is 0 Å². The summed E-state index contributed by atoms with van der Waals surface area (Å²) in [5, 5.41) is 0. The maximum Gasteiger partial charge on any atom is 0.0230 e. The molecule has 0 heteroatoms. The predicted octanol–water partition coefficient (Wildman–Crippen LogP) is 8.25. The molecule has 0 nitrogen and oxygen atoms in total. The van der Waals surface area contributed by atoms with Crippen LogP contribution >= 0.6 is 0 Å². The Labute approximate surface area is 151 Å². The third kappa shape index (κ3) is 8.02. The minimum absolute atomic E-state index is 0.432. The first kappa shape index (κ1) is 13.3. The van der Waals surface area contributed by atoms with Crippen LogP contribution < -0.4 is 0 Å². The maximum atomic E-state index is 7.81. The molecule has 0 aromatic rings. The molecule has 4 atom stereocenters. The lowest BCUT2D eigenvalue weighted by Gasteiger charge is -2.39. The van der Waals surface area contributed by atoms with Crippen LogP contribution in [0.4, 0.5) is 0 Å². The molecule has 0 saturated carbocycles. The molecule has 0 N–H and O–H groups in total. The lowest BCUT2D eigenvalue weighted by atomic mass is 9.67. The normalized spacial score (nSPS) is 20.7. The van der Waals surface area contributed by atoms with Crippen LogP contribution in [0.1, 0.15) is 127 Å². The molecule has 0 aromatic carbocycles. The van der Waals surface area contributed by atoms with E-state index >= 15 is 0 Å². The van der Waals surface area contributed by atoms with Gasteiger partial charge in [-0.05, 0) is 23.7 Å². The maximum absolute atomic E-state index is 7.81. The van der Waals surface area contributed by atoms with E-state index in [1.807, 2.05) is 0 Å². The van der Waals surface area contributed by atoms with Gasteiger partial charge in [0.25, 0.3) is 0 Å². The topological polar surface area (TPSA) is 0 Å². The van der Waals surface area contributed by atoms with Crippen molar-refractivity contribution < 1.29 is 8.22 Å². The van der Waals surface area contributed by atoms with E-state index in [-0.39, 0.29) is 0 Å². The summed E-state index contributed by atoms with van der Waals surface area (Å²) in [6.45, 7) is 2.73. The van der Waals surface area contributed by atoms with Crippen molar-refractivity contribution in [2.75, 3.05) is 0 Å². The van der Waals surface area contributed by atoms with Crippen LogP contribution in [0.3, 0.4) is 0 Å². The smallest absolute Gasteiger partial charge is 0.0230 e. The Morgan fingerprint density at radius 1 is 0.545 bits per heavy atom. The van der Waals surface area contributed by atoms with E-state index in [2.05, 4.69) is 0 Å². The quantitative estimate of drug-likeness (QED) is 0.267. The predicted molar refractivity (Wildman–Crippen MR) is 103 cm³/mol. The van der Waals surface area contributed by atoms with Gasteiger partial charge in [0.1, 0.15) is 0 Å². The molecule has 0 bridgehead atoms. The zero-order chi connectivity index (χ0) is 21.0. The van der Waals surface area contributed by atoms with E-state index in [9.17, 15) is 0 Å². The lowest BCUT2D eigenvalue weighted by molar-refractivity contribution is 0.114. The molecule has 0 aromatic heterocycles. The van der Waals surface area contributed by atoms with Crippen molar-refractivity contribution in [2.24, 2.45) is 23.7 Å². The zero-order valence-corrected chi connectivity index (χ0v) is 15.0. The van der Waals surface area contributed by atoms with Crippen LogP contribution in [-0.2, 0) is 0 Å². The van der Waals surface area contributed by atoms with Crippen LogP contribution in [0.25, 0.3) is 0 Å². The second-order valence-corrected chi connectivity index (χ2v) is 6.70. The fourth-order valence-electron chi connectivity index (χ4n) is 4.15. The Kier molecular flexibility index (Phi) is 8.82. The Morgan fingerprint density at radius 3 is 1.68 bits per heavy atom. The van der Waals surface area contributed by atoms with E-state index in [0.29, 0.717) is 65.1 Å². The highest BCUT2D eigenvalue weighted by Gasteiger charge is 2.31. The summed E-state index contributed by atoms with van der Waals surface area (Å²) in [6.07, 6.45) is 11.8. The second kappa shape index (κ2) is 14.6. The van der Waals surface area contributed by atoms with Crippen LogP contribution in [-0.4, -0.2) is 0 Å². The van der Waals surface area contributed by atoms with Crippen LogP contribution in [0.5, 0.6) is 0 Å². The number of unbranched alkanes of at least 4 members (excludes halogenated alkanes) is 1. The fourth-order valence-corrected chi connectivity index (χ4v) is 4.15. The molecule has 0 rings (SSSR count). The van der Waals surface area contributed by atoms with Crippen LogP contribution in [0.15, 0.2) is 0 Å². The monoisotopic (exact) mass is 316 g/mol. The molecule has 0 aliphatic rings. The molecule has 0 aliphatic heterocycles. The van der Waals surface area contributed by atoms with Gasteiger partial charge in [0, 0.05) is 8.22 Å². The van der Waals surface area contributed by atoms with Gasteiger partial charge < -0.3 is 0 Å². The summed E-state index contributed by atoms with van der Waals surface area (Å²) in [7, 11) is 0. The van der Waals surface area contributed by atoms with Crippen molar-refractivity contribution in [2.45, 2.75) is 118 Å². The van der Waals surface area contributed by atoms with Gasteiger partial charge in [0.2, 0.25) is 0 Å². The molecular formula is C22H46. The van der Waals surface area contributed by atoms with Gasteiger partial charge >= 0.3 is 0 Å². The Balaban J connectivity index is 5.54. The largest absolute Gasteiger partial charge is 0.0654 e. The summed E-state index contributed by atoms with van der Waals surface area (Å²) >= 11 is 0. The highest BCUT2D eigenvalue weighted by atomic mass is 14.4. The molecule has 0 heterocycles. The summed E-state index contributed by atoms with van der Waals surface area (Å²) in [4.78, 5) is 0. The van der Waals surface area contributed by atoms with Crippen LogP contribution in [0.2, 0.25) is 0 Å². The average Bonchev–Trinajstić information content (AvgIpc) is 2.71. The molecule has 0 radical (unpaired) electrons. The molecule has 134 valence electrons. The van der Waals surface area contributed by atoms with Crippen molar-refractivity contribution in [3.8, 4) is 0 Å². The van der Waals surface area contributed by atoms with E-state index in [4.69, 9.17) is 8.22 Å². The molecule has 0 aliphatic carbocycles. The summed E-state index contributed by atoms with van der Waals surface area (Å²) in [5.41, 5.74) is 0. The van der Waals surface area contributed by atoms with Gasteiger partial charge in [-0.3, -0.25) is 0 Å². The first-order chi connectivity index (χ1) is 13.7. The van der Waals surface area contributed by atoms with Crippen molar-refractivity contribution in [3.63, 3.8) is 0 Å². The van der Waals surface area contributed by atoms with E-state index in [1.54, 1.807) is 0 Å². The zero-order valence-electron chi connectivity index (χ0n) is 21.0. The number of rotatable bonds is 15. The standard InChI is InChI=1S/C22H46/c1-7-13-18-20(15-9-3)22(17-11-5)21(16-10-4)19(12-6)14-8-2/h19-22H,7-18H2,1-6H3/i1D,2D,3D,4D,5D,6D.